The van der Waals surface area contributed by atoms with Crippen molar-refractivity contribution in [3.8, 4) is 0 Å². The number of aromatic nitrogens is 1. The first-order valence-electron chi connectivity index (χ1n) is 7.27. The van der Waals surface area contributed by atoms with Crippen LogP contribution in [0, 0.1) is 0 Å². The van der Waals surface area contributed by atoms with Gasteiger partial charge in [0.15, 0.2) is 0 Å². The van der Waals surface area contributed by atoms with E-state index in [0.29, 0.717) is 12.1 Å². The van der Waals surface area contributed by atoms with Crippen molar-refractivity contribution in [1.82, 2.24) is 4.98 Å². The summed E-state index contributed by atoms with van der Waals surface area (Å²) in [7, 11) is 0. The molecule has 0 aliphatic carbocycles. The van der Waals surface area contributed by atoms with E-state index < -0.39 is 29.1 Å². The fraction of sp³-hybridized carbons (Fsp3) is 0.118. The minimum absolute atomic E-state index is 0.121. The zero-order valence-electron chi connectivity index (χ0n) is 13.0. The summed E-state index contributed by atoms with van der Waals surface area (Å²) < 4.78 is 79.2. The van der Waals surface area contributed by atoms with Crippen LogP contribution in [0.1, 0.15) is 11.3 Å². The monoisotopic (exact) mass is 424 g/mol. The zero-order chi connectivity index (χ0) is 20.0. The Hall–Kier alpha value is -2.19. The Morgan fingerprint density at radius 2 is 1.52 bits per heavy atom. The first-order valence-corrected chi connectivity index (χ1v) is 8.02. The van der Waals surface area contributed by atoms with Crippen molar-refractivity contribution in [1.29, 1.82) is 0 Å². The lowest BCUT2D eigenvalue weighted by molar-refractivity contribution is -0.142. The molecule has 1 aromatic heterocycles. The SMILES string of the molecule is FC(F)(F)c1cc(Nc2ccc(Cl)c(Cl)c2)c2cccc(C(F)(F)F)c2n1. The van der Waals surface area contributed by atoms with E-state index in [1.54, 1.807) is 0 Å². The van der Waals surface area contributed by atoms with Crippen LogP contribution in [0.25, 0.3) is 10.9 Å². The number of hydrogen-bond acceptors (Lipinski definition) is 2. The van der Waals surface area contributed by atoms with Crippen LogP contribution in [0.2, 0.25) is 10.0 Å². The maximum Gasteiger partial charge on any atom is 0.433 e. The van der Waals surface area contributed by atoms with Crippen molar-refractivity contribution >= 4 is 45.5 Å². The molecular formula is C17H8Cl2F6N2. The summed E-state index contributed by atoms with van der Waals surface area (Å²) in [6.07, 6.45) is -9.79. The second kappa shape index (κ2) is 6.76. The van der Waals surface area contributed by atoms with Gasteiger partial charge in [-0.2, -0.15) is 26.3 Å². The molecule has 0 aliphatic heterocycles. The van der Waals surface area contributed by atoms with Gasteiger partial charge < -0.3 is 5.32 Å². The first kappa shape index (κ1) is 19.6. The van der Waals surface area contributed by atoms with Crippen molar-refractivity contribution < 1.29 is 26.3 Å². The summed E-state index contributed by atoms with van der Waals surface area (Å²) >= 11 is 11.7. The molecule has 0 spiro atoms. The number of para-hydroxylation sites is 1. The number of nitrogens with zero attached hydrogens (tertiary/aromatic N) is 1. The van der Waals surface area contributed by atoms with Crippen LogP contribution in [0.3, 0.4) is 0 Å². The molecule has 0 bridgehead atoms. The standard InChI is InChI=1S/C17H8Cl2F6N2/c18-11-5-4-8(6-12(11)19)26-13-7-14(17(23,24)25)27-15-9(13)2-1-3-10(15)16(20,21)22/h1-7H,(H,26,27). The number of anilines is 2. The van der Waals surface area contributed by atoms with Gasteiger partial charge in [0.05, 0.1) is 26.8 Å². The number of hydrogen-bond donors (Lipinski definition) is 1. The van der Waals surface area contributed by atoms with E-state index in [2.05, 4.69) is 10.3 Å². The fourth-order valence-corrected chi connectivity index (χ4v) is 2.75. The molecule has 3 aromatic rings. The first-order chi connectivity index (χ1) is 12.5. The number of benzene rings is 2. The van der Waals surface area contributed by atoms with Gasteiger partial charge in [0.25, 0.3) is 0 Å². The van der Waals surface area contributed by atoms with Gasteiger partial charge in [-0.05, 0) is 30.3 Å². The van der Waals surface area contributed by atoms with Crippen molar-refractivity contribution in [2.45, 2.75) is 12.4 Å². The van der Waals surface area contributed by atoms with E-state index in [1.165, 1.54) is 24.3 Å². The third-order valence-electron chi connectivity index (χ3n) is 3.63. The van der Waals surface area contributed by atoms with Crippen LogP contribution in [-0.2, 0) is 12.4 Å². The van der Waals surface area contributed by atoms with Crippen LogP contribution in [0.5, 0.6) is 0 Å². The molecule has 27 heavy (non-hydrogen) atoms. The molecule has 3 rings (SSSR count). The summed E-state index contributed by atoms with van der Waals surface area (Å²) in [5.74, 6) is 0. The summed E-state index contributed by atoms with van der Waals surface area (Å²) in [4.78, 5) is 3.21. The predicted molar refractivity (Wildman–Crippen MR) is 91.5 cm³/mol. The zero-order valence-corrected chi connectivity index (χ0v) is 14.5. The molecular weight excluding hydrogens is 417 g/mol. The highest BCUT2D eigenvalue weighted by atomic mass is 35.5. The molecule has 2 aromatic carbocycles. The molecule has 1 heterocycles. The molecule has 1 N–H and O–H groups in total. The largest absolute Gasteiger partial charge is 0.433 e. The van der Waals surface area contributed by atoms with Gasteiger partial charge in [0.2, 0.25) is 0 Å². The quantitative estimate of drug-likeness (QED) is 0.435. The lowest BCUT2D eigenvalue weighted by Crippen LogP contribution is -2.12. The summed E-state index contributed by atoms with van der Waals surface area (Å²) in [6.45, 7) is 0. The second-order valence-corrected chi connectivity index (χ2v) is 6.32. The number of rotatable bonds is 2. The molecule has 2 nitrogen and oxygen atoms in total. The number of fused-ring (bicyclic) bond motifs is 1. The van der Waals surface area contributed by atoms with E-state index in [1.807, 2.05) is 0 Å². The highest BCUT2D eigenvalue weighted by Crippen LogP contribution is 2.40. The predicted octanol–water partition coefficient (Wildman–Crippen LogP) is 7.32. The lowest BCUT2D eigenvalue weighted by atomic mass is 10.1. The summed E-state index contributed by atoms with van der Waals surface area (Å²) in [6, 6.07) is 7.85. The Kier molecular flexibility index (Phi) is 4.90. The van der Waals surface area contributed by atoms with Crippen molar-refractivity contribution in [2.24, 2.45) is 0 Å². The van der Waals surface area contributed by atoms with Gasteiger partial charge in [-0.3, -0.25) is 0 Å². The van der Waals surface area contributed by atoms with Gasteiger partial charge in [-0.15, -0.1) is 0 Å². The molecule has 0 amide bonds. The van der Waals surface area contributed by atoms with Crippen molar-refractivity contribution in [3.05, 3.63) is 63.8 Å². The second-order valence-electron chi connectivity index (χ2n) is 5.51. The Bertz CT molecular complexity index is 1010. The summed E-state index contributed by atoms with van der Waals surface area (Å²) in [5, 5.41) is 2.89. The van der Waals surface area contributed by atoms with Crippen LogP contribution in [-0.4, -0.2) is 4.98 Å². The molecule has 0 saturated carbocycles. The van der Waals surface area contributed by atoms with Gasteiger partial charge in [0.1, 0.15) is 5.69 Å². The maximum atomic E-state index is 13.2. The molecule has 0 saturated heterocycles. The van der Waals surface area contributed by atoms with Crippen molar-refractivity contribution in [2.75, 3.05) is 5.32 Å². The minimum Gasteiger partial charge on any atom is -0.355 e. The number of nitrogens with one attached hydrogen (secondary N) is 1. The number of alkyl halides is 6. The molecule has 142 valence electrons. The Balaban J connectivity index is 2.25. The third kappa shape index (κ3) is 4.06. The van der Waals surface area contributed by atoms with Gasteiger partial charge >= 0.3 is 12.4 Å². The Morgan fingerprint density at radius 3 is 2.11 bits per heavy atom. The lowest BCUT2D eigenvalue weighted by Gasteiger charge is -2.16. The van der Waals surface area contributed by atoms with Gasteiger partial charge in [-0.25, -0.2) is 4.98 Å². The van der Waals surface area contributed by atoms with E-state index in [-0.39, 0.29) is 26.8 Å². The number of halogens is 8. The van der Waals surface area contributed by atoms with Gasteiger partial charge in [0, 0.05) is 11.1 Å². The average molecular weight is 425 g/mol. The van der Waals surface area contributed by atoms with Gasteiger partial charge in [-0.1, -0.05) is 35.3 Å². The average Bonchev–Trinajstić information content (AvgIpc) is 2.56. The van der Waals surface area contributed by atoms with E-state index in [0.717, 1.165) is 6.07 Å². The topological polar surface area (TPSA) is 24.9 Å². The van der Waals surface area contributed by atoms with E-state index in [9.17, 15) is 26.3 Å². The normalized spacial score (nSPS) is 12.4. The fourth-order valence-electron chi connectivity index (χ4n) is 2.46. The highest BCUT2D eigenvalue weighted by Gasteiger charge is 2.37. The van der Waals surface area contributed by atoms with Crippen LogP contribution in [0.15, 0.2) is 42.5 Å². The maximum absolute atomic E-state index is 13.2. The van der Waals surface area contributed by atoms with E-state index in [4.69, 9.17) is 23.2 Å². The van der Waals surface area contributed by atoms with Crippen LogP contribution >= 0.6 is 23.2 Å². The third-order valence-corrected chi connectivity index (χ3v) is 4.37. The Labute approximate surface area is 158 Å². The molecule has 0 radical (unpaired) electrons. The van der Waals surface area contributed by atoms with E-state index >= 15 is 0 Å². The molecule has 0 atom stereocenters. The minimum atomic E-state index is -4.93. The molecule has 10 heteroatoms. The summed E-state index contributed by atoms with van der Waals surface area (Å²) in [5.41, 5.74) is -3.46. The molecule has 0 aliphatic rings. The molecule has 0 unspecified atom stereocenters. The highest BCUT2D eigenvalue weighted by molar-refractivity contribution is 6.42. The number of pyridine rings is 1. The van der Waals surface area contributed by atoms with Crippen molar-refractivity contribution in [3.63, 3.8) is 0 Å². The smallest absolute Gasteiger partial charge is 0.355 e. The Morgan fingerprint density at radius 1 is 0.815 bits per heavy atom. The van der Waals surface area contributed by atoms with Crippen LogP contribution in [0.4, 0.5) is 37.7 Å². The van der Waals surface area contributed by atoms with Crippen LogP contribution < -0.4 is 5.32 Å². The molecule has 0 fully saturated rings.